The highest BCUT2D eigenvalue weighted by Crippen LogP contribution is 2.28. The minimum atomic E-state index is -0.245. The molecule has 1 N–H and O–H groups in total. The second-order valence-electron chi connectivity index (χ2n) is 10.7. The lowest BCUT2D eigenvalue weighted by Crippen LogP contribution is -2.52. The Labute approximate surface area is 215 Å². The van der Waals surface area contributed by atoms with Crippen LogP contribution in [-0.4, -0.2) is 66.0 Å². The van der Waals surface area contributed by atoms with E-state index in [1.807, 2.05) is 23.7 Å². The van der Waals surface area contributed by atoms with Gasteiger partial charge >= 0.3 is 0 Å². The molecule has 0 aliphatic carbocycles. The average molecular weight is 504 g/mol. The van der Waals surface area contributed by atoms with Crippen LogP contribution < -0.4 is 10.2 Å². The highest BCUT2D eigenvalue weighted by Gasteiger charge is 2.30. The minimum Gasteiger partial charge on any atom is -0.337 e. The number of amides is 1. The zero-order valence-electron chi connectivity index (χ0n) is 22.2. The molecule has 0 saturated carbocycles. The van der Waals surface area contributed by atoms with Crippen LogP contribution in [0.25, 0.3) is 5.65 Å². The summed E-state index contributed by atoms with van der Waals surface area (Å²) < 4.78 is 7.48. The van der Waals surface area contributed by atoms with Crippen LogP contribution in [-0.2, 0) is 12.0 Å². The molecular formula is C26H33N9O2. The van der Waals surface area contributed by atoms with Crippen molar-refractivity contribution in [1.82, 2.24) is 34.4 Å². The van der Waals surface area contributed by atoms with Crippen molar-refractivity contribution in [3.05, 3.63) is 59.4 Å². The van der Waals surface area contributed by atoms with E-state index < -0.39 is 0 Å². The molecule has 1 saturated heterocycles. The molecule has 194 valence electrons. The van der Waals surface area contributed by atoms with Gasteiger partial charge in [0.15, 0.2) is 0 Å². The summed E-state index contributed by atoms with van der Waals surface area (Å²) in [6, 6.07) is 0.208. The first-order valence-electron chi connectivity index (χ1n) is 12.5. The van der Waals surface area contributed by atoms with Gasteiger partial charge in [0.2, 0.25) is 5.89 Å². The van der Waals surface area contributed by atoms with Crippen LogP contribution in [0, 0.1) is 13.8 Å². The van der Waals surface area contributed by atoms with Gasteiger partial charge in [0, 0.05) is 74.2 Å². The molecule has 4 aromatic heterocycles. The summed E-state index contributed by atoms with van der Waals surface area (Å²) in [7, 11) is 0. The summed E-state index contributed by atoms with van der Waals surface area (Å²) >= 11 is 0. The van der Waals surface area contributed by atoms with E-state index in [4.69, 9.17) is 4.52 Å². The molecule has 1 atom stereocenters. The SMILES string of the molecule is Cc1ncc(C(=O)Nc2cn3ccnc3c(CN3CCN(c4noc(C(C)(C)C)n4)[C@@H](C)C3)c2C)cn1. The summed E-state index contributed by atoms with van der Waals surface area (Å²) in [6.07, 6.45) is 8.66. The molecule has 1 amide bonds. The van der Waals surface area contributed by atoms with E-state index in [-0.39, 0.29) is 17.4 Å². The fourth-order valence-corrected chi connectivity index (χ4v) is 4.57. The maximum absolute atomic E-state index is 12.9. The molecule has 0 aromatic carbocycles. The van der Waals surface area contributed by atoms with Gasteiger partial charge < -0.3 is 19.1 Å². The Hall–Kier alpha value is -3.86. The van der Waals surface area contributed by atoms with Gasteiger partial charge in [0.25, 0.3) is 11.9 Å². The molecule has 1 fully saturated rings. The molecule has 1 aliphatic rings. The molecule has 11 heteroatoms. The van der Waals surface area contributed by atoms with Crippen molar-refractivity contribution in [2.45, 2.75) is 59.5 Å². The highest BCUT2D eigenvalue weighted by atomic mass is 16.5. The topological polar surface area (TPSA) is 118 Å². The Morgan fingerprint density at radius 1 is 1.16 bits per heavy atom. The van der Waals surface area contributed by atoms with Gasteiger partial charge in [0.1, 0.15) is 11.5 Å². The van der Waals surface area contributed by atoms with Crippen LogP contribution >= 0.6 is 0 Å². The van der Waals surface area contributed by atoms with E-state index in [1.54, 1.807) is 25.5 Å². The van der Waals surface area contributed by atoms with Crippen molar-refractivity contribution in [2.75, 3.05) is 29.9 Å². The van der Waals surface area contributed by atoms with Crippen molar-refractivity contribution in [3.8, 4) is 0 Å². The number of anilines is 2. The number of nitrogens with one attached hydrogen (secondary N) is 1. The normalized spacial score (nSPS) is 16.9. The van der Waals surface area contributed by atoms with E-state index in [2.05, 4.69) is 67.9 Å². The largest absolute Gasteiger partial charge is 0.337 e. The van der Waals surface area contributed by atoms with Gasteiger partial charge in [-0.15, -0.1) is 0 Å². The van der Waals surface area contributed by atoms with E-state index in [0.717, 1.165) is 42.1 Å². The lowest BCUT2D eigenvalue weighted by molar-refractivity contribution is 0.102. The molecule has 4 aromatic rings. The summed E-state index contributed by atoms with van der Waals surface area (Å²) in [6.45, 7) is 15.4. The highest BCUT2D eigenvalue weighted by molar-refractivity contribution is 6.04. The number of aryl methyl sites for hydroxylation is 1. The number of carbonyl (C=O) groups excluding carboxylic acids is 1. The molecule has 5 heterocycles. The smallest absolute Gasteiger partial charge is 0.266 e. The number of piperazine rings is 1. The number of aromatic nitrogens is 6. The third-order valence-corrected chi connectivity index (χ3v) is 6.76. The predicted octanol–water partition coefficient (Wildman–Crippen LogP) is 3.38. The number of rotatable bonds is 5. The molecule has 11 nitrogen and oxygen atoms in total. The number of pyridine rings is 1. The van der Waals surface area contributed by atoms with Gasteiger partial charge in [-0.25, -0.2) is 15.0 Å². The zero-order chi connectivity index (χ0) is 26.3. The molecule has 0 unspecified atom stereocenters. The number of hydrogen-bond donors (Lipinski definition) is 1. The molecule has 0 spiro atoms. The molecule has 0 radical (unpaired) electrons. The standard InChI is InChI=1S/C26H33N9O2/c1-16-13-33(9-10-35(16)25-31-24(37-32-25)26(4,5)6)14-20-17(2)21(15-34-8-7-27-22(20)34)30-23(36)19-11-28-18(3)29-12-19/h7-8,11-12,15-16H,9-10,13-14H2,1-6H3,(H,30,36)/t16-/m0/s1. The molecular weight excluding hydrogens is 470 g/mol. The van der Waals surface area contributed by atoms with Crippen molar-refractivity contribution in [3.63, 3.8) is 0 Å². The lowest BCUT2D eigenvalue weighted by Gasteiger charge is -2.39. The first kappa shape index (κ1) is 24.8. The van der Waals surface area contributed by atoms with Crippen LogP contribution in [0.1, 0.15) is 60.9 Å². The maximum Gasteiger partial charge on any atom is 0.266 e. The van der Waals surface area contributed by atoms with E-state index >= 15 is 0 Å². The number of imidazole rings is 1. The van der Waals surface area contributed by atoms with Gasteiger partial charge in [-0.05, 0) is 31.5 Å². The van der Waals surface area contributed by atoms with Crippen molar-refractivity contribution in [2.24, 2.45) is 0 Å². The summed E-state index contributed by atoms with van der Waals surface area (Å²) in [5.41, 5.74) is 3.92. The van der Waals surface area contributed by atoms with Gasteiger partial charge in [0.05, 0.1) is 11.3 Å². The Morgan fingerprint density at radius 2 is 1.92 bits per heavy atom. The van der Waals surface area contributed by atoms with Gasteiger partial charge in [-0.3, -0.25) is 9.69 Å². The second kappa shape index (κ2) is 9.55. The number of carbonyl (C=O) groups is 1. The summed E-state index contributed by atoms with van der Waals surface area (Å²) in [5.74, 6) is 1.67. The van der Waals surface area contributed by atoms with Crippen LogP contribution in [0.4, 0.5) is 11.6 Å². The fourth-order valence-electron chi connectivity index (χ4n) is 4.57. The first-order chi connectivity index (χ1) is 17.6. The third kappa shape index (κ3) is 5.04. The maximum atomic E-state index is 12.9. The minimum absolute atomic E-state index is 0.184. The van der Waals surface area contributed by atoms with Crippen LogP contribution in [0.2, 0.25) is 0 Å². The quantitative estimate of drug-likeness (QED) is 0.437. The molecule has 5 rings (SSSR count). The summed E-state index contributed by atoms with van der Waals surface area (Å²) in [5, 5.41) is 7.28. The van der Waals surface area contributed by atoms with Crippen molar-refractivity contribution >= 4 is 23.2 Å². The number of hydrogen-bond acceptors (Lipinski definition) is 9. The van der Waals surface area contributed by atoms with Crippen molar-refractivity contribution in [1.29, 1.82) is 0 Å². The predicted molar refractivity (Wildman–Crippen MR) is 140 cm³/mol. The number of nitrogens with zero attached hydrogens (tertiary/aromatic N) is 8. The van der Waals surface area contributed by atoms with E-state index in [0.29, 0.717) is 29.8 Å². The second-order valence-corrected chi connectivity index (χ2v) is 10.7. The Balaban J connectivity index is 1.34. The average Bonchev–Trinajstić information content (AvgIpc) is 3.52. The first-order valence-corrected chi connectivity index (χ1v) is 12.5. The zero-order valence-corrected chi connectivity index (χ0v) is 22.2. The van der Waals surface area contributed by atoms with Crippen molar-refractivity contribution < 1.29 is 9.32 Å². The lowest BCUT2D eigenvalue weighted by atomic mass is 9.97. The Kier molecular flexibility index (Phi) is 6.40. The fraction of sp³-hybridized carbons (Fsp3) is 0.462. The van der Waals surface area contributed by atoms with Gasteiger partial charge in [-0.1, -0.05) is 20.8 Å². The van der Waals surface area contributed by atoms with E-state index in [1.165, 1.54) is 0 Å². The molecule has 1 aliphatic heterocycles. The van der Waals surface area contributed by atoms with Crippen LogP contribution in [0.15, 0.2) is 35.5 Å². The molecule has 37 heavy (non-hydrogen) atoms. The third-order valence-electron chi connectivity index (χ3n) is 6.76. The monoisotopic (exact) mass is 503 g/mol. The number of fused-ring (bicyclic) bond motifs is 1. The van der Waals surface area contributed by atoms with Gasteiger partial charge in [-0.2, -0.15) is 4.98 Å². The van der Waals surface area contributed by atoms with Crippen LogP contribution in [0.3, 0.4) is 0 Å². The Bertz CT molecular complexity index is 1420. The van der Waals surface area contributed by atoms with Crippen LogP contribution in [0.5, 0.6) is 0 Å². The Morgan fingerprint density at radius 3 is 2.59 bits per heavy atom. The molecule has 0 bridgehead atoms. The van der Waals surface area contributed by atoms with E-state index in [9.17, 15) is 4.79 Å². The summed E-state index contributed by atoms with van der Waals surface area (Å²) in [4.78, 5) is 35.0.